The summed E-state index contributed by atoms with van der Waals surface area (Å²) in [4.78, 5) is 27.2. The molecule has 0 bridgehead atoms. The van der Waals surface area contributed by atoms with Gasteiger partial charge in [0.25, 0.3) is 0 Å². The lowest BCUT2D eigenvalue weighted by atomic mass is 10.1. The molecule has 2 amide bonds. The average Bonchev–Trinajstić information content (AvgIpc) is 2.84. The average molecular weight is 262 g/mol. The zero-order valence-electron chi connectivity index (χ0n) is 10.7. The maximum absolute atomic E-state index is 14.0. The van der Waals surface area contributed by atoms with Gasteiger partial charge in [0.05, 0.1) is 5.69 Å². The molecule has 2 fully saturated rings. The van der Waals surface area contributed by atoms with E-state index in [1.54, 1.807) is 24.0 Å². The Morgan fingerprint density at radius 3 is 2.84 bits per heavy atom. The van der Waals surface area contributed by atoms with Gasteiger partial charge in [-0.25, -0.2) is 4.39 Å². The Hall–Kier alpha value is -1.91. The van der Waals surface area contributed by atoms with Crippen molar-refractivity contribution in [2.75, 3.05) is 18.0 Å². The normalized spacial score (nSPS) is 22.9. The number of fused-ring (bicyclic) bond motifs is 1. The molecule has 0 aliphatic carbocycles. The number of anilines is 1. The van der Waals surface area contributed by atoms with Crippen LogP contribution in [0.25, 0.3) is 0 Å². The summed E-state index contributed by atoms with van der Waals surface area (Å²) in [6, 6.07) is 4.30. The summed E-state index contributed by atoms with van der Waals surface area (Å²) >= 11 is 0. The van der Waals surface area contributed by atoms with Crippen molar-refractivity contribution < 1.29 is 14.0 Å². The third-order valence-electron chi connectivity index (χ3n) is 3.81. The molecule has 5 heteroatoms. The molecule has 1 aromatic carbocycles. The summed E-state index contributed by atoms with van der Waals surface area (Å²) in [6.07, 6.45) is 1.51. The van der Waals surface area contributed by atoms with Crippen LogP contribution in [0.15, 0.2) is 18.2 Å². The number of carbonyl (C=O) groups excluding carboxylic acids is 2. The summed E-state index contributed by atoms with van der Waals surface area (Å²) in [7, 11) is 0. The molecular formula is C14H15FN2O2. The van der Waals surface area contributed by atoms with Gasteiger partial charge in [0, 0.05) is 6.54 Å². The van der Waals surface area contributed by atoms with E-state index in [1.807, 2.05) is 0 Å². The van der Waals surface area contributed by atoms with Gasteiger partial charge in [-0.15, -0.1) is 0 Å². The van der Waals surface area contributed by atoms with Crippen molar-refractivity contribution in [3.8, 4) is 0 Å². The summed E-state index contributed by atoms with van der Waals surface area (Å²) in [5.74, 6) is -0.713. The molecular weight excluding hydrogens is 247 g/mol. The van der Waals surface area contributed by atoms with Gasteiger partial charge in [-0.3, -0.25) is 14.5 Å². The van der Waals surface area contributed by atoms with Crippen LogP contribution in [0, 0.1) is 12.7 Å². The number of piperazine rings is 1. The number of benzene rings is 1. The monoisotopic (exact) mass is 262 g/mol. The lowest BCUT2D eigenvalue weighted by Crippen LogP contribution is -2.57. The molecule has 4 nitrogen and oxygen atoms in total. The molecule has 2 saturated heterocycles. The van der Waals surface area contributed by atoms with E-state index in [0.717, 1.165) is 12.0 Å². The standard InChI is InChI=1S/C14H15FN2O2/c1-9-4-5-11(10(15)7-9)17-8-13(18)16-6-2-3-12(16)14(17)19/h4-5,7,12H,2-3,6,8H2,1H3. The predicted octanol–water partition coefficient (Wildman–Crippen LogP) is 1.47. The number of amides is 2. The largest absolute Gasteiger partial charge is 0.329 e. The Kier molecular flexibility index (Phi) is 2.77. The SMILES string of the molecule is Cc1ccc(N2CC(=O)N3CCCC3C2=O)c(F)c1. The Balaban J connectivity index is 1.96. The second-order valence-corrected chi connectivity index (χ2v) is 5.12. The van der Waals surface area contributed by atoms with Gasteiger partial charge in [0.15, 0.2) is 0 Å². The minimum atomic E-state index is -0.451. The van der Waals surface area contributed by atoms with E-state index in [-0.39, 0.29) is 24.0 Å². The van der Waals surface area contributed by atoms with E-state index in [1.165, 1.54) is 11.0 Å². The first-order valence-electron chi connectivity index (χ1n) is 6.45. The fourth-order valence-corrected chi connectivity index (χ4v) is 2.84. The lowest BCUT2D eigenvalue weighted by Gasteiger charge is -2.36. The molecule has 0 saturated carbocycles. The molecule has 19 heavy (non-hydrogen) atoms. The molecule has 0 aromatic heterocycles. The number of halogens is 1. The van der Waals surface area contributed by atoms with Crippen LogP contribution in [0.1, 0.15) is 18.4 Å². The first-order valence-corrected chi connectivity index (χ1v) is 6.45. The number of rotatable bonds is 1. The second-order valence-electron chi connectivity index (χ2n) is 5.12. The van der Waals surface area contributed by atoms with Gasteiger partial charge in [-0.2, -0.15) is 0 Å². The van der Waals surface area contributed by atoms with Crippen LogP contribution in [0.4, 0.5) is 10.1 Å². The lowest BCUT2D eigenvalue weighted by molar-refractivity contribution is -0.140. The molecule has 1 aromatic rings. The van der Waals surface area contributed by atoms with Gasteiger partial charge >= 0.3 is 0 Å². The number of carbonyl (C=O) groups is 2. The summed E-state index contributed by atoms with van der Waals surface area (Å²) in [6.45, 7) is 2.36. The highest BCUT2D eigenvalue weighted by molar-refractivity contribution is 6.06. The first-order chi connectivity index (χ1) is 9.08. The van der Waals surface area contributed by atoms with Crippen LogP contribution in [0.3, 0.4) is 0 Å². The molecule has 1 atom stereocenters. The smallest absolute Gasteiger partial charge is 0.250 e. The van der Waals surface area contributed by atoms with Crippen molar-refractivity contribution in [2.24, 2.45) is 0 Å². The maximum Gasteiger partial charge on any atom is 0.250 e. The Morgan fingerprint density at radius 2 is 2.11 bits per heavy atom. The van der Waals surface area contributed by atoms with E-state index < -0.39 is 11.9 Å². The second kappa shape index (κ2) is 4.33. The minimum Gasteiger partial charge on any atom is -0.329 e. The van der Waals surface area contributed by atoms with Gasteiger partial charge < -0.3 is 4.90 Å². The van der Waals surface area contributed by atoms with Crippen LogP contribution in [0.2, 0.25) is 0 Å². The van der Waals surface area contributed by atoms with E-state index in [0.29, 0.717) is 13.0 Å². The van der Waals surface area contributed by atoms with Crippen LogP contribution in [-0.4, -0.2) is 35.8 Å². The fraction of sp³-hybridized carbons (Fsp3) is 0.429. The highest BCUT2D eigenvalue weighted by Gasteiger charge is 2.42. The number of hydrogen-bond donors (Lipinski definition) is 0. The summed E-state index contributed by atoms with van der Waals surface area (Å²) in [5.41, 5.74) is 0.995. The minimum absolute atomic E-state index is 0.0602. The third-order valence-corrected chi connectivity index (χ3v) is 3.81. The molecule has 0 radical (unpaired) electrons. The first kappa shape index (κ1) is 12.1. The zero-order chi connectivity index (χ0) is 13.6. The molecule has 2 aliphatic heterocycles. The van der Waals surface area contributed by atoms with Gasteiger partial charge in [-0.1, -0.05) is 6.07 Å². The van der Waals surface area contributed by atoms with Crippen molar-refractivity contribution >= 4 is 17.5 Å². The van der Waals surface area contributed by atoms with Crippen molar-refractivity contribution in [1.82, 2.24) is 4.90 Å². The van der Waals surface area contributed by atoms with Crippen molar-refractivity contribution in [3.63, 3.8) is 0 Å². The van der Waals surface area contributed by atoms with Gasteiger partial charge in [0.2, 0.25) is 11.8 Å². The maximum atomic E-state index is 14.0. The fourth-order valence-electron chi connectivity index (χ4n) is 2.84. The quantitative estimate of drug-likeness (QED) is 0.769. The number of aryl methyl sites for hydroxylation is 1. The van der Waals surface area contributed by atoms with E-state index in [4.69, 9.17) is 0 Å². The van der Waals surface area contributed by atoms with Crippen molar-refractivity contribution in [1.29, 1.82) is 0 Å². The molecule has 3 rings (SSSR count). The van der Waals surface area contributed by atoms with E-state index >= 15 is 0 Å². The molecule has 2 aliphatic rings. The molecule has 2 heterocycles. The summed E-state index contributed by atoms with van der Waals surface area (Å²) < 4.78 is 14.0. The van der Waals surface area contributed by atoms with Crippen LogP contribution in [-0.2, 0) is 9.59 Å². The zero-order valence-corrected chi connectivity index (χ0v) is 10.7. The Labute approximate surface area is 110 Å². The van der Waals surface area contributed by atoms with Gasteiger partial charge in [-0.05, 0) is 37.5 Å². The van der Waals surface area contributed by atoms with Crippen molar-refractivity contribution in [3.05, 3.63) is 29.6 Å². The highest BCUT2D eigenvalue weighted by Crippen LogP contribution is 2.29. The van der Waals surface area contributed by atoms with E-state index in [2.05, 4.69) is 0 Å². The topological polar surface area (TPSA) is 40.6 Å². The third kappa shape index (κ3) is 1.89. The molecule has 0 spiro atoms. The van der Waals surface area contributed by atoms with Crippen LogP contribution in [0.5, 0.6) is 0 Å². The number of hydrogen-bond acceptors (Lipinski definition) is 2. The molecule has 1 unspecified atom stereocenters. The predicted molar refractivity (Wildman–Crippen MR) is 68.2 cm³/mol. The number of nitrogens with zero attached hydrogens (tertiary/aromatic N) is 2. The summed E-state index contributed by atoms with van der Waals surface area (Å²) in [5, 5.41) is 0. The van der Waals surface area contributed by atoms with Crippen molar-refractivity contribution in [2.45, 2.75) is 25.8 Å². The highest BCUT2D eigenvalue weighted by atomic mass is 19.1. The van der Waals surface area contributed by atoms with E-state index in [9.17, 15) is 14.0 Å². The van der Waals surface area contributed by atoms with Crippen LogP contribution >= 0.6 is 0 Å². The molecule has 100 valence electrons. The van der Waals surface area contributed by atoms with Gasteiger partial charge in [0.1, 0.15) is 18.4 Å². The Morgan fingerprint density at radius 1 is 1.32 bits per heavy atom. The van der Waals surface area contributed by atoms with Crippen LogP contribution < -0.4 is 4.90 Å². The Bertz CT molecular complexity index is 558. The molecule has 0 N–H and O–H groups in total.